The van der Waals surface area contributed by atoms with E-state index < -0.39 is 12.0 Å². The van der Waals surface area contributed by atoms with E-state index in [1.165, 1.54) is 0 Å². The van der Waals surface area contributed by atoms with E-state index in [2.05, 4.69) is 15.4 Å². The van der Waals surface area contributed by atoms with E-state index in [4.69, 9.17) is 0 Å². The standard InChI is InChI=1S/C11H21N3O4/c1-4-14(5-2)9(15)7-12-11(17)13-8-10(16)18-6-3/h4-8H2,1-3H3,(H2,12,13,17). The van der Waals surface area contributed by atoms with Crippen LogP contribution >= 0.6 is 0 Å². The molecule has 0 aliphatic carbocycles. The first-order chi connectivity index (χ1) is 8.54. The van der Waals surface area contributed by atoms with Crippen molar-refractivity contribution >= 4 is 17.9 Å². The summed E-state index contributed by atoms with van der Waals surface area (Å²) in [5.74, 6) is -0.672. The number of hydrogen-bond acceptors (Lipinski definition) is 4. The molecular formula is C11H21N3O4. The van der Waals surface area contributed by atoms with Crippen molar-refractivity contribution in [3.8, 4) is 0 Å². The number of likely N-dealkylation sites (N-methyl/N-ethyl adjacent to an activating group) is 1. The zero-order chi connectivity index (χ0) is 14.0. The zero-order valence-electron chi connectivity index (χ0n) is 11.1. The lowest BCUT2D eigenvalue weighted by molar-refractivity contribution is -0.141. The van der Waals surface area contributed by atoms with E-state index in [0.717, 1.165) is 0 Å². The number of hydrogen-bond donors (Lipinski definition) is 2. The van der Waals surface area contributed by atoms with Crippen LogP contribution < -0.4 is 10.6 Å². The molecule has 0 atom stereocenters. The fraction of sp³-hybridized carbons (Fsp3) is 0.727. The van der Waals surface area contributed by atoms with Crippen LogP contribution in [0.1, 0.15) is 20.8 Å². The number of nitrogens with one attached hydrogen (secondary N) is 2. The summed E-state index contributed by atoms with van der Waals surface area (Å²) < 4.78 is 4.63. The summed E-state index contributed by atoms with van der Waals surface area (Å²) in [6.45, 7) is 6.58. The summed E-state index contributed by atoms with van der Waals surface area (Å²) >= 11 is 0. The van der Waals surface area contributed by atoms with E-state index in [1.54, 1.807) is 11.8 Å². The molecule has 0 radical (unpaired) electrons. The van der Waals surface area contributed by atoms with Crippen molar-refractivity contribution < 1.29 is 19.1 Å². The number of nitrogens with zero attached hydrogens (tertiary/aromatic N) is 1. The van der Waals surface area contributed by atoms with Crippen molar-refractivity contribution in [3.05, 3.63) is 0 Å². The van der Waals surface area contributed by atoms with Gasteiger partial charge in [-0.2, -0.15) is 0 Å². The molecule has 0 saturated heterocycles. The first-order valence-corrected chi connectivity index (χ1v) is 6.00. The van der Waals surface area contributed by atoms with E-state index in [1.807, 2.05) is 13.8 Å². The third-order valence-electron chi connectivity index (χ3n) is 2.21. The maximum absolute atomic E-state index is 11.5. The van der Waals surface area contributed by atoms with Gasteiger partial charge in [0, 0.05) is 13.1 Å². The Morgan fingerprint density at radius 3 is 2.06 bits per heavy atom. The number of urea groups is 1. The molecule has 0 rings (SSSR count). The largest absolute Gasteiger partial charge is 0.465 e. The Labute approximate surface area is 107 Å². The van der Waals surface area contributed by atoms with Gasteiger partial charge in [0.05, 0.1) is 13.2 Å². The van der Waals surface area contributed by atoms with E-state index in [0.29, 0.717) is 13.1 Å². The van der Waals surface area contributed by atoms with Crippen LogP contribution in [0, 0.1) is 0 Å². The van der Waals surface area contributed by atoms with Gasteiger partial charge in [0.1, 0.15) is 6.54 Å². The molecule has 0 bridgehead atoms. The Hall–Kier alpha value is -1.79. The monoisotopic (exact) mass is 259 g/mol. The Kier molecular flexibility index (Phi) is 8.34. The second kappa shape index (κ2) is 9.26. The van der Waals surface area contributed by atoms with Crippen LogP contribution in [0.25, 0.3) is 0 Å². The highest BCUT2D eigenvalue weighted by atomic mass is 16.5. The summed E-state index contributed by atoms with van der Waals surface area (Å²) in [6, 6.07) is -0.566. The first-order valence-electron chi connectivity index (χ1n) is 6.00. The normalized spacial score (nSPS) is 9.50. The number of carbonyl (C=O) groups excluding carboxylic acids is 3. The first kappa shape index (κ1) is 16.2. The van der Waals surface area contributed by atoms with Gasteiger partial charge in [-0.1, -0.05) is 0 Å². The maximum Gasteiger partial charge on any atom is 0.325 e. The van der Waals surface area contributed by atoms with Gasteiger partial charge in [0.15, 0.2) is 0 Å². The minimum atomic E-state index is -0.566. The molecule has 0 fully saturated rings. The van der Waals surface area contributed by atoms with Crippen LogP contribution in [0.3, 0.4) is 0 Å². The highest BCUT2D eigenvalue weighted by molar-refractivity contribution is 5.85. The lowest BCUT2D eigenvalue weighted by Crippen LogP contribution is -2.45. The van der Waals surface area contributed by atoms with Gasteiger partial charge in [-0.15, -0.1) is 0 Å². The van der Waals surface area contributed by atoms with Gasteiger partial charge in [-0.25, -0.2) is 4.79 Å². The van der Waals surface area contributed by atoms with Crippen LogP contribution in [0.2, 0.25) is 0 Å². The second-order valence-corrected chi connectivity index (χ2v) is 3.41. The molecule has 0 saturated carbocycles. The molecule has 0 aliphatic rings. The van der Waals surface area contributed by atoms with Crippen LogP contribution in [0.4, 0.5) is 4.79 Å². The fourth-order valence-corrected chi connectivity index (χ4v) is 1.27. The predicted octanol–water partition coefficient (Wildman–Crippen LogP) is -0.283. The topological polar surface area (TPSA) is 87.7 Å². The number of esters is 1. The quantitative estimate of drug-likeness (QED) is 0.615. The number of amides is 3. The van der Waals surface area contributed by atoms with Gasteiger partial charge in [0.25, 0.3) is 0 Å². The molecule has 2 N–H and O–H groups in total. The van der Waals surface area contributed by atoms with E-state index in [-0.39, 0.29) is 25.6 Å². The molecule has 3 amide bonds. The van der Waals surface area contributed by atoms with Gasteiger partial charge >= 0.3 is 12.0 Å². The minimum absolute atomic E-state index is 0.0870. The molecule has 0 heterocycles. The summed E-state index contributed by atoms with van der Waals surface area (Å²) in [5, 5.41) is 4.68. The molecule has 0 aromatic carbocycles. The molecular weight excluding hydrogens is 238 g/mol. The van der Waals surface area contributed by atoms with Crippen molar-refractivity contribution in [2.45, 2.75) is 20.8 Å². The Balaban J connectivity index is 3.83. The van der Waals surface area contributed by atoms with Gasteiger partial charge in [0.2, 0.25) is 5.91 Å². The molecule has 0 unspecified atom stereocenters. The number of ether oxygens (including phenoxy) is 1. The van der Waals surface area contributed by atoms with Crippen LogP contribution in [-0.2, 0) is 14.3 Å². The lowest BCUT2D eigenvalue weighted by atomic mass is 10.4. The smallest absolute Gasteiger partial charge is 0.325 e. The third kappa shape index (κ3) is 6.72. The minimum Gasteiger partial charge on any atom is -0.465 e. The molecule has 0 aromatic rings. The van der Waals surface area contributed by atoms with Crippen LogP contribution in [0.15, 0.2) is 0 Å². The summed E-state index contributed by atoms with van der Waals surface area (Å²) in [6.07, 6.45) is 0. The van der Waals surface area contributed by atoms with Crippen molar-refractivity contribution in [3.63, 3.8) is 0 Å². The van der Waals surface area contributed by atoms with Crippen molar-refractivity contribution in [1.29, 1.82) is 0 Å². The molecule has 7 nitrogen and oxygen atoms in total. The fourth-order valence-electron chi connectivity index (χ4n) is 1.27. The van der Waals surface area contributed by atoms with Gasteiger partial charge in [-0.05, 0) is 20.8 Å². The lowest BCUT2D eigenvalue weighted by Gasteiger charge is -2.18. The predicted molar refractivity (Wildman–Crippen MR) is 66.0 cm³/mol. The Bertz CT molecular complexity index is 290. The SMILES string of the molecule is CCOC(=O)CNC(=O)NCC(=O)N(CC)CC. The molecule has 0 aromatic heterocycles. The highest BCUT2D eigenvalue weighted by Crippen LogP contribution is 1.87. The van der Waals surface area contributed by atoms with Crippen molar-refractivity contribution in [2.75, 3.05) is 32.8 Å². The van der Waals surface area contributed by atoms with Crippen molar-refractivity contribution in [2.24, 2.45) is 0 Å². The average molecular weight is 259 g/mol. The molecule has 104 valence electrons. The van der Waals surface area contributed by atoms with Crippen molar-refractivity contribution in [1.82, 2.24) is 15.5 Å². The summed E-state index contributed by atoms with van der Waals surface area (Å²) in [7, 11) is 0. The van der Waals surface area contributed by atoms with E-state index in [9.17, 15) is 14.4 Å². The number of rotatable bonds is 7. The Morgan fingerprint density at radius 2 is 1.56 bits per heavy atom. The Morgan fingerprint density at radius 1 is 1.00 bits per heavy atom. The molecule has 0 spiro atoms. The average Bonchev–Trinajstić information content (AvgIpc) is 2.35. The molecule has 18 heavy (non-hydrogen) atoms. The molecule has 0 aliphatic heterocycles. The second-order valence-electron chi connectivity index (χ2n) is 3.41. The van der Waals surface area contributed by atoms with Gasteiger partial charge in [-0.3, -0.25) is 9.59 Å². The number of carbonyl (C=O) groups is 3. The summed E-state index contributed by atoms with van der Waals surface area (Å²) in [4.78, 5) is 35.3. The summed E-state index contributed by atoms with van der Waals surface area (Å²) in [5.41, 5.74) is 0. The van der Waals surface area contributed by atoms with Gasteiger partial charge < -0.3 is 20.3 Å². The third-order valence-corrected chi connectivity index (χ3v) is 2.21. The maximum atomic E-state index is 11.5. The zero-order valence-corrected chi connectivity index (χ0v) is 11.1. The highest BCUT2D eigenvalue weighted by Gasteiger charge is 2.11. The van der Waals surface area contributed by atoms with Crippen LogP contribution in [0.5, 0.6) is 0 Å². The van der Waals surface area contributed by atoms with E-state index >= 15 is 0 Å². The molecule has 7 heteroatoms. The van der Waals surface area contributed by atoms with Crippen LogP contribution in [-0.4, -0.2) is 55.6 Å².